The van der Waals surface area contributed by atoms with Gasteiger partial charge in [0.05, 0.1) is 5.69 Å². The maximum Gasteiger partial charge on any atom is 0.321 e. The summed E-state index contributed by atoms with van der Waals surface area (Å²) >= 11 is 0. The average Bonchev–Trinajstić information content (AvgIpc) is 3.02. The fourth-order valence-corrected chi connectivity index (χ4v) is 3.11. The number of urea groups is 1. The van der Waals surface area contributed by atoms with E-state index >= 15 is 0 Å². The van der Waals surface area contributed by atoms with Crippen molar-refractivity contribution >= 4 is 23.1 Å². The van der Waals surface area contributed by atoms with E-state index in [1.54, 1.807) is 12.4 Å². The molecule has 1 aliphatic heterocycles. The van der Waals surface area contributed by atoms with Gasteiger partial charge in [-0.25, -0.2) is 9.78 Å². The largest absolute Gasteiger partial charge is 0.368 e. The second kappa shape index (κ2) is 6.43. The first kappa shape index (κ1) is 15.4. The molecule has 0 aromatic carbocycles. The molecule has 3 aromatic rings. The Kier molecular flexibility index (Phi) is 3.97. The smallest absolute Gasteiger partial charge is 0.321 e. The van der Waals surface area contributed by atoms with Crippen LogP contribution in [-0.2, 0) is 0 Å². The molecule has 0 saturated carbocycles. The van der Waals surface area contributed by atoms with Crippen LogP contribution in [0, 0.1) is 6.92 Å². The lowest BCUT2D eigenvalue weighted by atomic mass is 10.3. The van der Waals surface area contributed by atoms with Gasteiger partial charge in [0.1, 0.15) is 5.65 Å². The number of imidazole rings is 1. The maximum atomic E-state index is 12.5. The molecule has 0 spiro atoms. The van der Waals surface area contributed by atoms with Crippen molar-refractivity contribution < 1.29 is 4.79 Å². The molecule has 7 heteroatoms. The van der Waals surface area contributed by atoms with E-state index in [1.807, 2.05) is 52.9 Å². The number of aromatic nitrogens is 3. The molecular weight excluding hydrogens is 316 g/mol. The van der Waals surface area contributed by atoms with E-state index < -0.39 is 0 Å². The van der Waals surface area contributed by atoms with E-state index in [0.29, 0.717) is 13.1 Å². The number of carbonyl (C=O) groups is 1. The quantitative estimate of drug-likeness (QED) is 0.780. The molecular formula is C18H20N6O. The molecule has 1 N–H and O–H groups in total. The zero-order valence-electron chi connectivity index (χ0n) is 14.1. The molecule has 1 fully saturated rings. The van der Waals surface area contributed by atoms with Crippen LogP contribution in [0.5, 0.6) is 0 Å². The van der Waals surface area contributed by atoms with Crippen molar-refractivity contribution in [3.8, 4) is 0 Å². The van der Waals surface area contributed by atoms with E-state index in [0.717, 1.165) is 35.8 Å². The summed E-state index contributed by atoms with van der Waals surface area (Å²) in [7, 11) is 0. The highest BCUT2D eigenvalue weighted by Gasteiger charge is 2.21. The van der Waals surface area contributed by atoms with E-state index in [2.05, 4.69) is 20.2 Å². The zero-order chi connectivity index (χ0) is 17.2. The van der Waals surface area contributed by atoms with Gasteiger partial charge in [0.2, 0.25) is 0 Å². The predicted octanol–water partition coefficient (Wildman–Crippen LogP) is 2.39. The average molecular weight is 336 g/mol. The minimum atomic E-state index is -0.0676. The molecule has 0 radical (unpaired) electrons. The minimum absolute atomic E-state index is 0.0676. The second-order valence-electron chi connectivity index (χ2n) is 6.17. The van der Waals surface area contributed by atoms with E-state index in [4.69, 9.17) is 0 Å². The van der Waals surface area contributed by atoms with Crippen LogP contribution < -0.4 is 10.2 Å². The first-order valence-corrected chi connectivity index (χ1v) is 8.35. The number of amides is 2. The third-order valence-electron chi connectivity index (χ3n) is 4.43. The Labute approximate surface area is 145 Å². The zero-order valence-corrected chi connectivity index (χ0v) is 14.1. The van der Waals surface area contributed by atoms with E-state index in [-0.39, 0.29) is 6.03 Å². The van der Waals surface area contributed by atoms with Gasteiger partial charge in [0.15, 0.2) is 0 Å². The fourth-order valence-electron chi connectivity index (χ4n) is 3.11. The van der Waals surface area contributed by atoms with Crippen LogP contribution in [0.25, 0.3) is 5.65 Å². The van der Waals surface area contributed by atoms with Crippen LogP contribution >= 0.6 is 0 Å². The lowest BCUT2D eigenvalue weighted by Gasteiger charge is -2.36. The van der Waals surface area contributed by atoms with Crippen molar-refractivity contribution in [2.75, 3.05) is 36.4 Å². The first-order chi connectivity index (χ1) is 12.2. The number of aryl methyl sites for hydroxylation is 1. The predicted molar refractivity (Wildman–Crippen MR) is 97.0 cm³/mol. The van der Waals surface area contributed by atoms with Gasteiger partial charge in [-0.15, -0.1) is 0 Å². The number of hydrogen-bond acceptors (Lipinski definition) is 4. The van der Waals surface area contributed by atoms with E-state index in [9.17, 15) is 4.79 Å². The van der Waals surface area contributed by atoms with E-state index in [1.165, 1.54) is 0 Å². The second-order valence-corrected chi connectivity index (χ2v) is 6.17. The number of carbonyl (C=O) groups excluding carboxylic acids is 1. The Hall–Kier alpha value is -3.09. The molecule has 25 heavy (non-hydrogen) atoms. The van der Waals surface area contributed by atoms with Crippen molar-refractivity contribution in [2.24, 2.45) is 0 Å². The van der Waals surface area contributed by atoms with Crippen LogP contribution in [-0.4, -0.2) is 51.5 Å². The van der Waals surface area contributed by atoms with Crippen molar-refractivity contribution in [1.82, 2.24) is 19.3 Å². The normalized spacial score (nSPS) is 14.8. The molecule has 128 valence electrons. The Morgan fingerprint density at radius 3 is 2.64 bits per heavy atom. The van der Waals surface area contributed by atoms with Crippen molar-refractivity contribution in [2.45, 2.75) is 6.92 Å². The summed E-state index contributed by atoms with van der Waals surface area (Å²) < 4.78 is 1.94. The third-order valence-corrected chi connectivity index (χ3v) is 4.43. The molecule has 0 aliphatic carbocycles. The molecule has 1 saturated heterocycles. The number of nitrogens with one attached hydrogen (secondary N) is 1. The van der Waals surface area contributed by atoms with Crippen LogP contribution in [0.3, 0.4) is 0 Å². The van der Waals surface area contributed by atoms with Crippen LogP contribution in [0.1, 0.15) is 5.69 Å². The molecule has 0 bridgehead atoms. The number of pyridine rings is 2. The third kappa shape index (κ3) is 3.26. The Balaban J connectivity index is 1.38. The van der Waals surface area contributed by atoms with Crippen molar-refractivity contribution in [1.29, 1.82) is 0 Å². The van der Waals surface area contributed by atoms with Gasteiger partial charge in [-0.1, -0.05) is 0 Å². The standard InChI is InChI=1S/C18H20N6O/c1-14-13-24-7-4-15(12-17(24)20-14)21-18(25)23-10-8-22(9-11-23)16-2-5-19-6-3-16/h2-7,12-13H,8-11H2,1H3,(H,21,25). The number of piperazine rings is 1. The molecule has 4 heterocycles. The van der Waals surface area contributed by atoms with Gasteiger partial charge < -0.3 is 19.5 Å². The first-order valence-electron chi connectivity index (χ1n) is 8.35. The van der Waals surface area contributed by atoms with Crippen LogP contribution in [0.15, 0.2) is 49.1 Å². The van der Waals surface area contributed by atoms with Crippen LogP contribution in [0.2, 0.25) is 0 Å². The summed E-state index contributed by atoms with van der Waals surface area (Å²) in [5, 5.41) is 2.97. The van der Waals surface area contributed by atoms with Crippen molar-refractivity contribution in [3.63, 3.8) is 0 Å². The summed E-state index contributed by atoms with van der Waals surface area (Å²) in [5.74, 6) is 0. The Morgan fingerprint density at radius 1 is 1.12 bits per heavy atom. The molecule has 1 aliphatic rings. The molecule has 4 rings (SSSR count). The van der Waals surface area contributed by atoms with Gasteiger partial charge in [-0.2, -0.15) is 0 Å². The highest BCUT2D eigenvalue weighted by molar-refractivity contribution is 5.90. The Bertz CT molecular complexity index is 883. The monoisotopic (exact) mass is 336 g/mol. The number of rotatable bonds is 2. The summed E-state index contributed by atoms with van der Waals surface area (Å²) in [6.45, 7) is 4.97. The number of hydrogen-bond donors (Lipinski definition) is 1. The highest BCUT2D eigenvalue weighted by atomic mass is 16.2. The van der Waals surface area contributed by atoms with Gasteiger partial charge in [0, 0.05) is 68.4 Å². The maximum absolute atomic E-state index is 12.5. The lowest BCUT2D eigenvalue weighted by Crippen LogP contribution is -2.50. The molecule has 0 atom stereocenters. The summed E-state index contributed by atoms with van der Waals surface area (Å²) in [6.07, 6.45) is 7.45. The number of anilines is 2. The molecule has 3 aromatic heterocycles. The molecule has 2 amide bonds. The van der Waals surface area contributed by atoms with Gasteiger partial charge in [0.25, 0.3) is 0 Å². The minimum Gasteiger partial charge on any atom is -0.368 e. The fraction of sp³-hybridized carbons (Fsp3) is 0.278. The number of fused-ring (bicyclic) bond motifs is 1. The van der Waals surface area contributed by atoms with Gasteiger partial charge >= 0.3 is 6.03 Å². The highest BCUT2D eigenvalue weighted by Crippen LogP contribution is 2.16. The summed E-state index contributed by atoms with van der Waals surface area (Å²) in [4.78, 5) is 25.1. The van der Waals surface area contributed by atoms with Gasteiger partial charge in [-0.3, -0.25) is 4.98 Å². The van der Waals surface area contributed by atoms with Crippen LogP contribution in [0.4, 0.5) is 16.2 Å². The Morgan fingerprint density at radius 2 is 1.88 bits per heavy atom. The number of nitrogens with zero attached hydrogens (tertiary/aromatic N) is 5. The van der Waals surface area contributed by atoms with Crippen molar-refractivity contribution in [3.05, 3.63) is 54.7 Å². The SMILES string of the molecule is Cc1cn2ccc(NC(=O)N3CCN(c4ccncc4)CC3)cc2n1. The summed E-state index contributed by atoms with van der Waals surface area (Å²) in [6, 6.07) is 7.70. The summed E-state index contributed by atoms with van der Waals surface area (Å²) in [5.41, 5.74) is 3.70. The van der Waals surface area contributed by atoms with Gasteiger partial charge in [-0.05, 0) is 25.1 Å². The molecule has 7 nitrogen and oxygen atoms in total. The topological polar surface area (TPSA) is 65.8 Å². The lowest BCUT2D eigenvalue weighted by molar-refractivity contribution is 0.208. The molecule has 0 unspecified atom stereocenters.